The molecule has 0 aliphatic heterocycles. The summed E-state index contributed by atoms with van der Waals surface area (Å²) in [7, 11) is 0. The molecule has 2 N–H and O–H groups in total. The molecule has 0 unspecified atom stereocenters. The van der Waals surface area contributed by atoms with Gasteiger partial charge in [-0.05, 0) is 42.3 Å². The molecule has 0 aliphatic carbocycles. The maximum absolute atomic E-state index is 12.8. The minimum Gasteiger partial charge on any atom is -0.347 e. The van der Waals surface area contributed by atoms with Crippen molar-refractivity contribution in [2.24, 2.45) is 0 Å². The Bertz CT molecular complexity index is 807. The van der Waals surface area contributed by atoms with E-state index < -0.39 is 34.4 Å². The van der Waals surface area contributed by atoms with Crippen molar-refractivity contribution in [2.75, 3.05) is 11.9 Å². The molecule has 0 heterocycles. The molecule has 0 saturated carbocycles. The van der Waals surface area contributed by atoms with Gasteiger partial charge in [0.25, 0.3) is 0 Å². The van der Waals surface area contributed by atoms with Crippen LogP contribution in [-0.2, 0) is 22.2 Å². The Morgan fingerprint density at radius 2 is 1.65 bits per heavy atom. The molecule has 2 aromatic carbocycles. The van der Waals surface area contributed by atoms with E-state index in [9.17, 15) is 27.2 Å². The van der Waals surface area contributed by atoms with Gasteiger partial charge in [-0.2, -0.15) is 13.2 Å². The van der Waals surface area contributed by atoms with Gasteiger partial charge in [-0.3, -0.25) is 9.59 Å². The number of halogens is 5. The highest BCUT2D eigenvalue weighted by molar-refractivity contribution is 6.39. The topological polar surface area (TPSA) is 58.2 Å². The van der Waals surface area contributed by atoms with Crippen LogP contribution in [0.3, 0.4) is 0 Å². The highest BCUT2D eigenvalue weighted by Gasteiger charge is 2.33. The molecular weight excluding hydrogens is 376 g/mol. The lowest BCUT2D eigenvalue weighted by atomic mass is 10.1. The summed E-state index contributed by atoms with van der Waals surface area (Å²) in [5.41, 5.74) is -0.575. The number of amides is 2. The fourth-order valence-corrected chi connectivity index (χ4v) is 2.28. The van der Waals surface area contributed by atoms with E-state index in [1.165, 1.54) is 24.3 Å². The van der Waals surface area contributed by atoms with Crippen LogP contribution in [0.4, 0.5) is 23.2 Å². The largest absolute Gasteiger partial charge is 0.417 e. The van der Waals surface area contributed by atoms with Gasteiger partial charge < -0.3 is 10.6 Å². The van der Waals surface area contributed by atoms with E-state index >= 15 is 0 Å². The van der Waals surface area contributed by atoms with Crippen molar-refractivity contribution in [1.82, 2.24) is 5.32 Å². The summed E-state index contributed by atoms with van der Waals surface area (Å²) in [5, 5.41) is 3.89. The van der Waals surface area contributed by atoms with Crippen LogP contribution in [0.15, 0.2) is 42.5 Å². The summed E-state index contributed by atoms with van der Waals surface area (Å²) in [6.45, 7) is 0.103. The van der Waals surface area contributed by atoms with E-state index in [1.807, 2.05) is 0 Å². The van der Waals surface area contributed by atoms with Crippen molar-refractivity contribution in [3.05, 3.63) is 64.4 Å². The summed E-state index contributed by atoms with van der Waals surface area (Å²) in [5.74, 6) is -2.51. The molecule has 2 amide bonds. The lowest BCUT2D eigenvalue weighted by Crippen LogP contribution is -2.36. The minimum atomic E-state index is -4.69. The van der Waals surface area contributed by atoms with Crippen molar-refractivity contribution < 1.29 is 27.2 Å². The first-order valence-electron chi connectivity index (χ1n) is 7.37. The molecule has 0 aliphatic rings. The highest BCUT2D eigenvalue weighted by Crippen LogP contribution is 2.36. The zero-order valence-electron chi connectivity index (χ0n) is 13.2. The summed E-state index contributed by atoms with van der Waals surface area (Å²) in [6.07, 6.45) is -4.33. The van der Waals surface area contributed by atoms with Crippen LogP contribution in [0.1, 0.15) is 11.1 Å². The lowest BCUT2D eigenvalue weighted by Gasteiger charge is -2.11. The van der Waals surface area contributed by atoms with E-state index in [0.29, 0.717) is 12.5 Å². The lowest BCUT2D eigenvalue weighted by molar-refractivity contribution is -0.137. The summed E-state index contributed by atoms with van der Waals surface area (Å²) >= 11 is 5.48. The van der Waals surface area contributed by atoms with Crippen LogP contribution in [0, 0.1) is 5.82 Å². The number of alkyl halides is 3. The molecule has 0 saturated heterocycles. The highest BCUT2D eigenvalue weighted by atomic mass is 35.5. The van der Waals surface area contributed by atoms with Crippen LogP contribution >= 0.6 is 11.6 Å². The number of hydrogen-bond donors (Lipinski definition) is 2. The molecule has 138 valence electrons. The van der Waals surface area contributed by atoms with Gasteiger partial charge in [-0.1, -0.05) is 23.7 Å². The maximum atomic E-state index is 12.8. The SMILES string of the molecule is O=C(NCCc1ccc(F)cc1)C(=O)Nc1ccc(Cl)c(C(F)(F)F)c1. The fraction of sp³-hybridized carbons (Fsp3) is 0.176. The monoisotopic (exact) mass is 388 g/mol. The zero-order chi connectivity index (χ0) is 19.3. The summed E-state index contributed by atoms with van der Waals surface area (Å²) in [4.78, 5) is 23.5. The third-order valence-electron chi connectivity index (χ3n) is 3.35. The van der Waals surface area contributed by atoms with Crippen molar-refractivity contribution >= 4 is 29.1 Å². The first-order chi connectivity index (χ1) is 12.2. The molecule has 0 spiro atoms. The van der Waals surface area contributed by atoms with Gasteiger partial charge in [0.05, 0.1) is 10.6 Å². The van der Waals surface area contributed by atoms with E-state index in [4.69, 9.17) is 11.6 Å². The predicted molar refractivity (Wildman–Crippen MR) is 88.2 cm³/mol. The number of carbonyl (C=O) groups is 2. The Labute approximate surface area is 151 Å². The Hall–Kier alpha value is -2.61. The van der Waals surface area contributed by atoms with Gasteiger partial charge in [0.2, 0.25) is 0 Å². The number of benzene rings is 2. The number of nitrogens with one attached hydrogen (secondary N) is 2. The van der Waals surface area contributed by atoms with Crippen molar-refractivity contribution in [1.29, 1.82) is 0 Å². The van der Waals surface area contributed by atoms with E-state index in [-0.39, 0.29) is 12.2 Å². The number of anilines is 1. The number of carbonyl (C=O) groups excluding carboxylic acids is 2. The van der Waals surface area contributed by atoms with Gasteiger partial charge in [0, 0.05) is 12.2 Å². The molecule has 9 heteroatoms. The van der Waals surface area contributed by atoms with Crippen LogP contribution in [0.2, 0.25) is 5.02 Å². The first kappa shape index (κ1) is 19.7. The Balaban J connectivity index is 1.90. The quantitative estimate of drug-likeness (QED) is 0.618. The Morgan fingerprint density at radius 3 is 2.27 bits per heavy atom. The van der Waals surface area contributed by atoms with Crippen LogP contribution in [-0.4, -0.2) is 18.4 Å². The zero-order valence-corrected chi connectivity index (χ0v) is 13.9. The molecule has 0 bridgehead atoms. The molecule has 2 rings (SSSR count). The van der Waals surface area contributed by atoms with E-state index in [0.717, 1.165) is 17.7 Å². The van der Waals surface area contributed by atoms with E-state index in [2.05, 4.69) is 10.6 Å². The molecule has 4 nitrogen and oxygen atoms in total. The molecule has 0 atom stereocenters. The molecule has 26 heavy (non-hydrogen) atoms. The smallest absolute Gasteiger partial charge is 0.347 e. The number of rotatable bonds is 4. The standard InChI is InChI=1S/C17H13ClF4N2O2/c18-14-6-5-12(9-13(14)17(20,21)22)24-16(26)15(25)23-8-7-10-1-3-11(19)4-2-10/h1-6,9H,7-8H2,(H,23,25)(H,24,26). The third-order valence-corrected chi connectivity index (χ3v) is 3.68. The van der Waals surface area contributed by atoms with Crippen molar-refractivity contribution in [2.45, 2.75) is 12.6 Å². The normalized spacial score (nSPS) is 11.1. The predicted octanol–water partition coefficient (Wildman–Crippen LogP) is 3.80. The molecule has 0 radical (unpaired) electrons. The van der Waals surface area contributed by atoms with Crippen LogP contribution < -0.4 is 10.6 Å². The second-order valence-corrected chi connectivity index (χ2v) is 5.69. The third kappa shape index (κ3) is 5.45. The van der Waals surface area contributed by atoms with Gasteiger partial charge in [0.1, 0.15) is 5.82 Å². The second kappa shape index (κ2) is 8.18. The van der Waals surface area contributed by atoms with E-state index in [1.54, 1.807) is 0 Å². The fourth-order valence-electron chi connectivity index (χ4n) is 2.06. The molecule has 0 aromatic heterocycles. The van der Waals surface area contributed by atoms with Crippen LogP contribution in [0.25, 0.3) is 0 Å². The second-order valence-electron chi connectivity index (χ2n) is 5.28. The van der Waals surface area contributed by atoms with Gasteiger partial charge >= 0.3 is 18.0 Å². The van der Waals surface area contributed by atoms with Crippen LogP contribution in [0.5, 0.6) is 0 Å². The minimum absolute atomic E-state index is 0.103. The van der Waals surface area contributed by atoms with Crippen molar-refractivity contribution in [3.63, 3.8) is 0 Å². The summed E-state index contributed by atoms with van der Waals surface area (Å²) < 4.78 is 51.1. The average molecular weight is 389 g/mol. The Morgan fingerprint density at radius 1 is 1.00 bits per heavy atom. The van der Waals surface area contributed by atoms with Crippen molar-refractivity contribution in [3.8, 4) is 0 Å². The van der Waals surface area contributed by atoms with Gasteiger partial charge in [-0.15, -0.1) is 0 Å². The number of hydrogen-bond acceptors (Lipinski definition) is 2. The average Bonchev–Trinajstić information content (AvgIpc) is 2.57. The molecule has 2 aromatic rings. The summed E-state index contributed by atoms with van der Waals surface area (Å²) in [6, 6.07) is 8.38. The molecule has 0 fully saturated rings. The molecular formula is C17H13ClF4N2O2. The maximum Gasteiger partial charge on any atom is 0.417 e. The Kier molecular flexibility index (Phi) is 6.20. The first-order valence-corrected chi connectivity index (χ1v) is 7.75. The van der Waals surface area contributed by atoms with Gasteiger partial charge in [-0.25, -0.2) is 4.39 Å². The van der Waals surface area contributed by atoms with Gasteiger partial charge in [0.15, 0.2) is 0 Å².